The fraction of sp³-hybridized carbons (Fsp3) is 0.333. The summed E-state index contributed by atoms with van der Waals surface area (Å²) in [6.45, 7) is 1.47. The van der Waals surface area contributed by atoms with E-state index in [9.17, 15) is 19.7 Å². The van der Waals surface area contributed by atoms with Gasteiger partial charge < -0.3 is 25.4 Å². The number of benzene rings is 2. The molecule has 0 aromatic heterocycles. The zero-order valence-corrected chi connectivity index (χ0v) is 15.9. The van der Waals surface area contributed by atoms with Crippen LogP contribution in [0.3, 0.4) is 0 Å². The Balaban J connectivity index is 1.59. The van der Waals surface area contributed by atoms with Gasteiger partial charge in [0.15, 0.2) is 0 Å². The van der Waals surface area contributed by atoms with Gasteiger partial charge in [-0.1, -0.05) is 42.5 Å². The molecule has 1 amide bonds. The van der Waals surface area contributed by atoms with Gasteiger partial charge in [0, 0.05) is 0 Å². The highest BCUT2D eigenvalue weighted by molar-refractivity contribution is 6.47. The minimum atomic E-state index is -1.32. The maximum Gasteiger partial charge on any atom is 0.547 e. The number of amides is 1. The predicted molar refractivity (Wildman–Crippen MR) is 108 cm³/mol. The van der Waals surface area contributed by atoms with E-state index in [1.807, 2.05) is 30.3 Å². The van der Waals surface area contributed by atoms with Crippen LogP contribution in [0.1, 0.15) is 34.3 Å². The van der Waals surface area contributed by atoms with Gasteiger partial charge in [0.05, 0.1) is 16.9 Å². The van der Waals surface area contributed by atoms with E-state index in [1.165, 1.54) is 6.07 Å². The van der Waals surface area contributed by atoms with Gasteiger partial charge in [0.25, 0.3) is 0 Å². The molecule has 2 heterocycles. The molecule has 0 aliphatic carbocycles. The summed E-state index contributed by atoms with van der Waals surface area (Å²) in [6, 6.07) is 14.5. The number of carbonyl (C=O) groups excluding carboxylic acids is 1. The molecule has 0 radical (unpaired) electrons. The number of piperidine rings is 1. The van der Waals surface area contributed by atoms with E-state index in [1.54, 1.807) is 12.1 Å². The number of hydrogen-bond donors (Lipinski definition) is 4. The van der Waals surface area contributed by atoms with Crippen molar-refractivity contribution in [2.75, 3.05) is 13.1 Å². The lowest BCUT2D eigenvalue weighted by Crippen LogP contribution is -2.59. The van der Waals surface area contributed by atoms with Gasteiger partial charge in [0.2, 0.25) is 5.91 Å². The summed E-state index contributed by atoms with van der Waals surface area (Å²) < 4.78 is 5.51. The maximum absolute atomic E-state index is 13.4. The molecule has 0 spiro atoms. The molecule has 7 nitrogen and oxygen atoms in total. The largest absolute Gasteiger partial charge is 0.547 e. The number of aromatic carboxylic acids is 1. The van der Waals surface area contributed by atoms with Gasteiger partial charge in [-0.05, 0) is 49.5 Å². The van der Waals surface area contributed by atoms with Gasteiger partial charge in [-0.3, -0.25) is 4.79 Å². The fourth-order valence-electron chi connectivity index (χ4n) is 4.28. The van der Waals surface area contributed by atoms with Crippen molar-refractivity contribution in [3.8, 4) is 5.75 Å². The van der Waals surface area contributed by atoms with Crippen molar-refractivity contribution in [3.05, 3.63) is 65.2 Å². The summed E-state index contributed by atoms with van der Waals surface area (Å²) in [5.41, 5.74) is 0.943. The van der Waals surface area contributed by atoms with Crippen LogP contribution in [0, 0.1) is 0 Å². The molecule has 1 unspecified atom stereocenters. The van der Waals surface area contributed by atoms with Gasteiger partial charge >= 0.3 is 13.1 Å². The summed E-state index contributed by atoms with van der Waals surface area (Å²) in [7, 11) is -1.32. The van der Waals surface area contributed by atoms with E-state index in [-0.39, 0.29) is 17.2 Å². The highest BCUT2D eigenvalue weighted by atomic mass is 16.5. The average molecular weight is 394 g/mol. The molecular formula is C21H23BN2O5. The second-order valence-corrected chi connectivity index (χ2v) is 7.59. The summed E-state index contributed by atoms with van der Waals surface area (Å²) in [6.07, 6.45) is 1.62. The third-order valence-electron chi connectivity index (χ3n) is 5.88. The average Bonchev–Trinajstić information content (AvgIpc) is 2.74. The SMILES string of the molecule is O=C(O)c1cccc2c1OB(O)C(NC(=O)C1(c3ccccc3)CCNCC1)C2. The number of fused-ring (bicyclic) bond motifs is 1. The number of carboxylic acid groups (broad SMARTS) is 1. The van der Waals surface area contributed by atoms with Gasteiger partial charge in [-0.15, -0.1) is 0 Å². The summed E-state index contributed by atoms with van der Waals surface area (Å²) in [5.74, 6) is -1.75. The lowest BCUT2D eigenvalue weighted by molar-refractivity contribution is -0.128. The number of rotatable bonds is 4. The monoisotopic (exact) mass is 394 g/mol. The lowest BCUT2D eigenvalue weighted by Gasteiger charge is -2.38. The van der Waals surface area contributed by atoms with Crippen LogP contribution < -0.4 is 15.3 Å². The Labute approximate surface area is 169 Å². The van der Waals surface area contributed by atoms with E-state index in [0.717, 1.165) is 18.7 Å². The Bertz CT molecular complexity index is 915. The van der Waals surface area contributed by atoms with Gasteiger partial charge in [-0.2, -0.15) is 0 Å². The van der Waals surface area contributed by atoms with Crippen molar-refractivity contribution < 1.29 is 24.4 Å². The molecule has 4 N–H and O–H groups in total. The first-order valence-electron chi connectivity index (χ1n) is 9.78. The molecule has 2 aliphatic rings. The van der Waals surface area contributed by atoms with Crippen LogP contribution in [0.15, 0.2) is 48.5 Å². The van der Waals surface area contributed by atoms with Gasteiger partial charge in [-0.25, -0.2) is 4.79 Å². The van der Waals surface area contributed by atoms with Crippen LogP contribution in [0.4, 0.5) is 0 Å². The first-order valence-corrected chi connectivity index (χ1v) is 9.78. The first kappa shape index (κ1) is 19.5. The molecule has 0 bridgehead atoms. The van der Waals surface area contributed by atoms with Crippen molar-refractivity contribution in [2.45, 2.75) is 30.6 Å². The molecule has 2 aromatic carbocycles. The number of carboxylic acids is 1. The van der Waals surface area contributed by atoms with Crippen molar-refractivity contribution in [1.82, 2.24) is 10.6 Å². The zero-order valence-electron chi connectivity index (χ0n) is 15.9. The molecule has 8 heteroatoms. The molecule has 2 aromatic rings. The van der Waals surface area contributed by atoms with Crippen LogP contribution in [0.5, 0.6) is 5.75 Å². The molecule has 150 valence electrons. The smallest absolute Gasteiger partial charge is 0.534 e. The van der Waals surface area contributed by atoms with Crippen molar-refractivity contribution >= 4 is 19.0 Å². The van der Waals surface area contributed by atoms with E-state index in [4.69, 9.17) is 4.65 Å². The van der Waals surface area contributed by atoms with Crippen molar-refractivity contribution in [2.24, 2.45) is 0 Å². The Morgan fingerprint density at radius 2 is 1.83 bits per heavy atom. The van der Waals surface area contributed by atoms with Gasteiger partial charge in [0.1, 0.15) is 5.75 Å². The molecule has 1 fully saturated rings. The summed E-state index contributed by atoms with van der Waals surface area (Å²) in [5, 5.41) is 26.1. The zero-order chi connectivity index (χ0) is 20.4. The number of nitrogens with one attached hydrogen (secondary N) is 2. The normalized spacial score (nSPS) is 20.3. The highest BCUT2D eigenvalue weighted by Gasteiger charge is 2.45. The standard InChI is InChI=1S/C21H23BN2O5/c25-19(26)16-8-4-5-14-13-17(22(28)29-18(14)16)24-20(27)21(9-11-23-12-10-21)15-6-2-1-3-7-15/h1-8,17,23,28H,9-13H2,(H,24,27)(H,25,26). The second kappa shape index (κ2) is 7.89. The Morgan fingerprint density at radius 1 is 1.10 bits per heavy atom. The van der Waals surface area contributed by atoms with Crippen molar-refractivity contribution in [3.63, 3.8) is 0 Å². The number of hydrogen-bond acceptors (Lipinski definition) is 5. The van der Waals surface area contributed by atoms with E-state index >= 15 is 0 Å². The lowest BCUT2D eigenvalue weighted by atomic mass is 9.69. The van der Waals surface area contributed by atoms with Crippen LogP contribution in [0.2, 0.25) is 0 Å². The minimum Gasteiger partial charge on any atom is -0.534 e. The number of para-hydroxylation sites is 1. The van der Waals surface area contributed by atoms with Crippen LogP contribution >= 0.6 is 0 Å². The summed E-state index contributed by atoms with van der Waals surface area (Å²) >= 11 is 0. The predicted octanol–water partition coefficient (Wildman–Crippen LogP) is 1.15. The second-order valence-electron chi connectivity index (χ2n) is 7.59. The van der Waals surface area contributed by atoms with Crippen LogP contribution in [-0.2, 0) is 16.6 Å². The Morgan fingerprint density at radius 3 is 2.52 bits per heavy atom. The molecule has 0 saturated carbocycles. The van der Waals surface area contributed by atoms with E-state index < -0.39 is 24.4 Å². The molecule has 4 rings (SSSR count). The fourth-order valence-corrected chi connectivity index (χ4v) is 4.28. The van der Waals surface area contributed by atoms with Crippen molar-refractivity contribution in [1.29, 1.82) is 0 Å². The third-order valence-corrected chi connectivity index (χ3v) is 5.88. The molecule has 29 heavy (non-hydrogen) atoms. The number of carbonyl (C=O) groups is 2. The topological polar surface area (TPSA) is 108 Å². The Hall–Kier alpha value is -2.84. The van der Waals surface area contributed by atoms with E-state index in [2.05, 4.69) is 10.6 Å². The maximum atomic E-state index is 13.4. The van der Waals surface area contributed by atoms with Crippen LogP contribution in [0.25, 0.3) is 0 Å². The molecule has 1 saturated heterocycles. The Kier molecular flexibility index (Phi) is 5.30. The van der Waals surface area contributed by atoms with Crippen LogP contribution in [-0.4, -0.2) is 48.2 Å². The quantitative estimate of drug-likeness (QED) is 0.580. The first-order chi connectivity index (χ1) is 14.0. The highest BCUT2D eigenvalue weighted by Crippen LogP contribution is 2.35. The summed E-state index contributed by atoms with van der Waals surface area (Å²) in [4.78, 5) is 24.8. The minimum absolute atomic E-state index is 0.00503. The molecule has 2 aliphatic heterocycles. The molecular weight excluding hydrogens is 371 g/mol. The van der Waals surface area contributed by atoms with E-state index in [0.29, 0.717) is 24.8 Å². The third kappa shape index (κ3) is 3.61. The molecule has 1 atom stereocenters.